The molecule has 0 atom stereocenters. The van der Waals surface area contributed by atoms with Crippen molar-refractivity contribution in [3.8, 4) is 11.5 Å². The molecule has 0 saturated carbocycles. The molecule has 1 amide bonds. The number of carboxylic acids is 1. The number of amides is 1. The molecule has 0 saturated heterocycles. The van der Waals surface area contributed by atoms with Crippen LogP contribution in [0.3, 0.4) is 0 Å². The molecule has 0 fully saturated rings. The Labute approximate surface area is 104 Å². The van der Waals surface area contributed by atoms with E-state index in [0.29, 0.717) is 13.0 Å². The molecule has 1 aromatic rings. The van der Waals surface area contributed by atoms with Crippen LogP contribution in [-0.2, 0) is 4.79 Å². The number of rotatable bonds is 5. The number of phenolic OH excluding ortho intramolecular Hbond substituents is 2. The van der Waals surface area contributed by atoms with Gasteiger partial charge >= 0.3 is 5.97 Å². The van der Waals surface area contributed by atoms with Crippen LogP contribution in [0.4, 0.5) is 0 Å². The van der Waals surface area contributed by atoms with Gasteiger partial charge in [-0.15, -0.1) is 0 Å². The van der Waals surface area contributed by atoms with Gasteiger partial charge in [-0.2, -0.15) is 0 Å². The van der Waals surface area contributed by atoms with Gasteiger partial charge in [0.2, 0.25) is 0 Å². The average molecular weight is 253 g/mol. The Morgan fingerprint density at radius 3 is 2.39 bits per heavy atom. The molecule has 0 spiro atoms. The predicted molar refractivity (Wildman–Crippen MR) is 63.6 cm³/mol. The highest BCUT2D eigenvalue weighted by molar-refractivity contribution is 5.96. The van der Waals surface area contributed by atoms with Gasteiger partial charge in [-0.1, -0.05) is 6.92 Å². The fraction of sp³-hybridized carbons (Fsp3) is 0.333. The zero-order valence-corrected chi connectivity index (χ0v) is 9.96. The van der Waals surface area contributed by atoms with E-state index in [9.17, 15) is 14.7 Å². The first-order chi connectivity index (χ1) is 8.45. The molecule has 1 aromatic carbocycles. The second-order valence-corrected chi connectivity index (χ2v) is 3.82. The van der Waals surface area contributed by atoms with Gasteiger partial charge in [0.15, 0.2) is 11.5 Å². The number of hydrogen-bond acceptors (Lipinski definition) is 4. The largest absolute Gasteiger partial charge is 0.504 e. The third-order valence-corrected chi connectivity index (χ3v) is 2.33. The van der Waals surface area contributed by atoms with Crippen LogP contribution in [0.1, 0.15) is 23.7 Å². The van der Waals surface area contributed by atoms with Crippen molar-refractivity contribution >= 4 is 11.9 Å². The van der Waals surface area contributed by atoms with Crippen molar-refractivity contribution in [3.05, 3.63) is 23.8 Å². The van der Waals surface area contributed by atoms with Crippen LogP contribution in [0, 0.1) is 0 Å². The van der Waals surface area contributed by atoms with Crippen LogP contribution in [0.25, 0.3) is 0 Å². The number of nitrogens with zero attached hydrogens (tertiary/aromatic N) is 1. The molecule has 3 N–H and O–H groups in total. The topological polar surface area (TPSA) is 98.1 Å². The maximum atomic E-state index is 12.0. The molecule has 0 aliphatic rings. The van der Waals surface area contributed by atoms with Gasteiger partial charge in [0, 0.05) is 12.1 Å². The Kier molecular flexibility index (Phi) is 4.53. The van der Waals surface area contributed by atoms with E-state index in [0.717, 1.165) is 6.07 Å². The van der Waals surface area contributed by atoms with E-state index in [1.165, 1.54) is 17.0 Å². The van der Waals surface area contributed by atoms with Crippen LogP contribution in [0.2, 0.25) is 0 Å². The minimum Gasteiger partial charge on any atom is -0.504 e. The SMILES string of the molecule is CCCN(CC(=O)O)C(=O)c1ccc(O)c(O)c1. The third-order valence-electron chi connectivity index (χ3n) is 2.33. The van der Waals surface area contributed by atoms with Gasteiger partial charge in [-0.3, -0.25) is 9.59 Å². The maximum Gasteiger partial charge on any atom is 0.323 e. The van der Waals surface area contributed by atoms with Crippen LogP contribution in [-0.4, -0.2) is 45.2 Å². The predicted octanol–water partition coefficient (Wildman–Crippen LogP) is 1.03. The molecule has 0 radical (unpaired) electrons. The number of phenols is 2. The maximum absolute atomic E-state index is 12.0. The van der Waals surface area contributed by atoms with Crippen LogP contribution in [0.15, 0.2) is 18.2 Å². The molecule has 18 heavy (non-hydrogen) atoms. The second kappa shape index (κ2) is 5.90. The van der Waals surface area contributed by atoms with E-state index < -0.39 is 24.2 Å². The monoisotopic (exact) mass is 253 g/mol. The highest BCUT2D eigenvalue weighted by atomic mass is 16.4. The number of carbonyl (C=O) groups is 2. The number of carboxylic acid groups (broad SMARTS) is 1. The standard InChI is InChI=1S/C12H15NO5/c1-2-5-13(7-11(16)17)12(18)8-3-4-9(14)10(15)6-8/h3-4,6,14-15H,2,5,7H2,1H3,(H,16,17). The zero-order chi connectivity index (χ0) is 13.7. The lowest BCUT2D eigenvalue weighted by Crippen LogP contribution is -2.36. The van der Waals surface area contributed by atoms with Gasteiger partial charge in [-0.05, 0) is 24.6 Å². The summed E-state index contributed by atoms with van der Waals surface area (Å²) >= 11 is 0. The smallest absolute Gasteiger partial charge is 0.323 e. The van der Waals surface area contributed by atoms with E-state index in [4.69, 9.17) is 10.2 Å². The summed E-state index contributed by atoms with van der Waals surface area (Å²) in [7, 11) is 0. The highest BCUT2D eigenvalue weighted by Gasteiger charge is 2.18. The van der Waals surface area contributed by atoms with Crippen LogP contribution < -0.4 is 0 Å². The van der Waals surface area contributed by atoms with Crippen LogP contribution in [0.5, 0.6) is 11.5 Å². The van der Waals surface area contributed by atoms with Gasteiger partial charge in [-0.25, -0.2) is 0 Å². The first-order valence-corrected chi connectivity index (χ1v) is 5.48. The van der Waals surface area contributed by atoms with E-state index in [1.54, 1.807) is 0 Å². The van der Waals surface area contributed by atoms with Crippen molar-refractivity contribution in [2.24, 2.45) is 0 Å². The lowest BCUT2D eigenvalue weighted by atomic mass is 10.1. The average Bonchev–Trinajstić information content (AvgIpc) is 2.31. The number of aliphatic carboxylic acids is 1. The Hall–Kier alpha value is -2.24. The molecule has 0 aliphatic carbocycles. The molecule has 98 valence electrons. The Morgan fingerprint density at radius 1 is 1.22 bits per heavy atom. The summed E-state index contributed by atoms with van der Waals surface area (Å²) in [5.74, 6) is -2.33. The third kappa shape index (κ3) is 3.38. The van der Waals surface area contributed by atoms with E-state index in [-0.39, 0.29) is 11.3 Å². The quantitative estimate of drug-likeness (QED) is 0.681. The number of carbonyl (C=O) groups excluding carboxylic acids is 1. The zero-order valence-electron chi connectivity index (χ0n) is 9.96. The molecule has 6 heteroatoms. The number of hydrogen-bond donors (Lipinski definition) is 3. The summed E-state index contributed by atoms with van der Waals surface area (Å²) < 4.78 is 0. The summed E-state index contributed by atoms with van der Waals surface area (Å²) in [5, 5.41) is 27.2. The first kappa shape index (κ1) is 13.8. The van der Waals surface area contributed by atoms with Crippen molar-refractivity contribution in [2.45, 2.75) is 13.3 Å². The molecule has 0 unspecified atom stereocenters. The highest BCUT2D eigenvalue weighted by Crippen LogP contribution is 2.25. The lowest BCUT2D eigenvalue weighted by molar-refractivity contribution is -0.137. The summed E-state index contributed by atoms with van der Waals surface area (Å²) in [6.07, 6.45) is 0.628. The summed E-state index contributed by atoms with van der Waals surface area (Å²) in [4.78, 5) is 23.8. The lowest BCUT2D eigenvalue weighted by Gasteiger charge is -2.20. The van der Waals surface area contributed by atoms with Crippen molar-refractivity contribution < 1.29 is 24.9 Å². The van der Waals surface area contributed by atoms with Crippen molar-refractivity contribution in [1.82, 2.24) is 4.90 Å². The van der Waals surface area contributed by atoms with Crippen molar-refractivity contribution in [1.29, 1.82) is 0 Å². The normalized spacial score (nSPS) is 10.1. The van der Waals surface area contributed by atoms with Crippen molar-refractivity contribution in [2.75, 3.05) is 13.1 Å². The second-order valence-electron chi connectivity index (χ2n) is 3.82. The minimum atomic E-state index is -1.10. The van der Waals surface area contributed by atoms with Gasteiger partial charge in [0.1, 0.15) is 6.54 Å². The van der Waals surface area contributed by atoms with E-state index in [1.807, 2.05) is 6.92 Å². The minimum absolute atomic E-state index is 0.139. The molecule has 6 nitrogen and oxygen atoms in total. The Balaban J connectivity index is 2.93. The van der Waals surface area contributed by atoms with Gasteiger partial charge in [0.05, 0.1) is 0 Å². The molecule has 0 bridgehead atoms. The van der Waals surface area contributed by atoms with Crippen molar-refractivity contribution in [3.63, 3.8) is 0 Å². The molecule has 0 heterocycles. The molecule has 0 aromatic heterocycles. The fourth-order valence-corrected chi connectivity index (χ4v) is 1.52. The Bertz CT molecular complexity index is 458. The number of aromatic hydroxyl groups is 2. The molecular formula is C12H15NO5. The molecular weight excluding hydrogens is 238 g/mol. The van der Waals surface area contributed by atoms with Gasteiger partial charge < -0.3 is 20.2 Å². The van der Waals surface area contributed by atoms with E-state index >= 15 is 0 Å². The number of benzene rings is 1. The first-order valence-electron chi connectivity index (χ1n) is 5.48. The summed E-state index contributed by atoms with van der Waals surface area (Å²) in [6, 6.07) is 3.64. The fourth-order valence-electron chi connectivity index (χ4n) is 1.52. The Morgan fingerprint density at radius 2 is 1.89 bits per heavy atom. The van der Waals surface area contributed by atoms with E-state index in [2.05, 4.69) is 0 Å². The summed E-state index contributed by atoms with van der Waals surface area (Å²) in [6.45, 7) is 1.75. The van der Waals surface area contributed by atoms with Crippen LogP contribution >= 0.6 is 0 Å². The van der Waals surface area contributed by atoms with Gasteiger partial charge in [0.25, 0.3) is 5.91 Å². The summed E-state index contributed by atoms with van der Waals surface area (Å²) in [5.41, 5.74) is 0.139. The molecule has 0 aliphatic heterocycles. The molecule has 1 rings (SSSR count).